The fourth-order valence-corrected chi connectivity index (χ4v) is 4.97. The van der Waals surface area contributed by atoms with Gasteiger partial charge in [-0.15, -0.1) is 0 Å². The summed E-state index contributed by atoms with van der Waals surface area (Å²) < 4.78 is 0. The summed E-state index contributed by atoms with van der Waals surface area (Å²) in [6.07, 6.45) is 11.5. The predicted octanol–water partition coefficient (Wildman–Crippen LogP) is 2.13. The fraction of sp³-hybridized carbons (Fsp3) is 1.00. The number of hydrogen-bond donors (Lipinski definition) is 2. The lowest BCUT2D eigenvalue weighted by molar-refractivity contribution is -0.0000289. The molecule has 2 aliphatic carbocycles. The lowest BCUT2D eigenvalue weighted by atomic mass is 9.87. The standard InChI is InChI=1S/C16H30N2O/c17-12-16(19)9-2-6-14(16)8-11-18-10-3-5-13-4-1-7-15(13)18/h13-15,19H,1-12,17H2. The number of fused-ring (bicyclic) bond motifs is 1. The summed E-state index contributed by atoms with van der Waals surface area (Å²) in [6, 6.07) is 0.862. The van der Waals surface area contributed by atoms with E-state index in [1.165, 1.54) is 51.6 Å². The van der Waals surface area contributed by atoms with Gasteiger partial charge in [0.1, 0.15) is 0 Å². The molecule has 3 rings (SSSR count). The Bertz CT molecular complexity index is 309. The molecule has 0 aromatic carbocycles. The number of rotatable bonds is 4. The highest BCUT2D eigenvalue weighted by atomic mass is 16.3. The van der Waals surface area contributed by atoms with Crippen molar-refractivity contribution in [3.05, 3.63) is 0 Å². The molecule has 0 aromatic heterocycles. The van der Waals surface area contributed by atoms with E-state index in [4.69, 9.17) is 5.73 Å². The number of likely N-dealkylation sites (tertiary alicyclic amines) is 1. The van der Waals surface area contributed by atoms with Gasteiger partial charge in [0, 0.05) is 12.6 Å². The average Bonchev–Trinajstić information content (AvgIpc) is 3.03. The molecule has 1 aliphatic heterocycles. The monoisotopic (exact) mass is 266 g/mol. The van der Waals surface area contributed by atoms with E-state index in [1.807, 2.05) is 0 Å². The van der Waals surface area contributed by atoms with Gasteiger partial charge in [-0.1, -0.05) is 12.8 Å². The summed E-state index contributed by atoms with van der Waals surface area (Å²) >= 11 is 0. The Morgan fingerprint density at radius 2 is 1.95 bits per heavy atom. The Balaban J connectivity index is 1.54. The van der Waals surface area contributed by atoms with Crippen molar-refractivity contribution in [1.29, 1.82) is 0 Å². The first-order chi connectivity index (χ1) is 9.23. The van der Waals surface area contributed by atoms with Crippen molar-refractivity contribution in [3.63, 3.8) is 0 Å². The van der Waals surface area contributed by atoms with Crippen LogP contribution in [0, 0.1) is 11.8 Å². The fourth-order valence-electron chi connectivity index (χ4n) is 4.97. The lowest BCUT2D eigenvalue weighted by Crippen LogP contribution is -2.46. The first-order valence-corrected chi connectivity index (χ1v) is 8.39. The van der Waals surface area contributed by atoms with Crippen molar-refractivity contribution in [2.75, 3.05) is 19.6 Å². The average molecular weight is 266 g/mol. The van der Waals surface area contributed by atoms with E-state index in [0.717, 1.165) is 31.2 Å². The van der Waals surface area contributed by atoms with Crippen LogP contribution in [0.2, 0.25) is 0 Å². The molecule has 3 nitrogen and oxygen atoms in total. The van der Waals surface area contributed by atoms with E-state index in [2.05, 4.69) is 4.90 Å². The van der Waals surface area contributed by atoms with Crippen LogP contribution in [-0.2, 0) is 0 Å². The summed E-state index contributed by atoms with van der Waals surface area (Å²) in [5.74, 6) is 1.42. The molecule has 0 radical (unpaired) electrons. The highest BCUT2D eigenvalue weighted by Crippen LogP contribution is 2.40. The third kappa shape index (κ3) is 2.70. The first-order valence-electron chi connectivity index (χ1n) is 8.39. The van der Waals surface area contributed by atoms with E-state index in [9.17, 15) is 5.11 Å². The Morgan fingerprint density at radius 1 is 1.11 bits per heavy atom. The zero-order valence-electron chi connectivity index (χ0n) is 12.2. The number of hydrogen-bond acceptors (Lipinski definition) is 3. The van der Waals surface area contributed by atoms with Gasteiger partial charge in [-0.2, -0.15) is 0 Å². The maximum absolute atomic E-state index is 10.5. The Morgan fingerprint density at radius 3 is 2.79 bits per heavy atom. The van der Waals surface area contributed by atoms with Crippen molar-refractivity contribution in [3.8, 4) is 0 Å². The number of aliphatic hydroxyl groups is 1. The molecule has 1 saturated heterocycles. The minimum Gasteiger partial charge on any atom is -0.388 e. The second-order valence-corrected chi connectivity index (χ2v) is 7.12. The second kappa shape index (κ2) is 5.71. The molecule has 0 amide bonds. The third-order valence-corrected chi connectivity index (χ3v) is 6.15. The Hall–Kier alpha value is -0.120. The molecule has 3 heteroatoms. The summed E-state index contributed by atoms with van der Waals surface area (Å²) in [7, 11) is 0. The van der Waals surface area contributed by atoms with Crippen LogP contribution in [0.3, 0.4) is 0 Å². The quantitative estimate of drug-likeness (QED) is 0.819. The zero-order chi connectivity index (χ0) is 13.3. The normalized spacial score (nSPS) is 43.6. The van der Waals surface area contributed by atoms with Crippen LogP contribution >= 0.6 is 0 Å². The van der Waals surface area contributed by atoms with Crippen LogP contribution in [0.1, 0.15) is 57.8 Å². The molecule has 0 aromatic rings. The molecular formula is C16H30N2O. The molecular weight excluding hydrogens is 236 g/mol. The van der Waals surface area contributed by atoms with Gasteiger partial charge in [-0.3, -0.25) is 0 Å². The summed E-state index contributed by atoms with van der Waals surface area (Å²) in [5.41, 5.74) is 5.24. The van der Waals surface area contributed by atoms with Crippen LogP contribution in [0.25, 0.3) is 0 Å². The molecule has 0 bridgehead atoms. The van der Waals surface area contributed by atoms with Crippen molar-refractivity contribution in [2.45, 2.75) is 69.4 Å². The molecule has 4 atom stereocenters. The van der Waals surface area contributed by atoms with Crippen molar-refractivity contribution in [2.24, 2.45) is 17.6 Å². The molecule has 3 fully saturated rings. The second-order valence-electron chi connectivity index (χ2n) is 7.12. The van der Waals surface area contributed by atoms with Crippen molar-refractivity contribution >= 4 is 0 Å². The molecule has 2 saturated carbocycles. The van der Waals surface area contributed by atoms with Gasteiger partial charge in [-0.05, 0) is 69.9 Å². The smallest absolute Gasteiger partial charge is 0.0797 e. The van der Waals surface area contributed by atoms with Crippen LogP contribution in [0.15, 0.2) is 0 Å². The molecule has 4 unspecified atom stereocenters. The Kier molecular flexibility index (Phi) is 4.16. The zero-order valence-corrected chi connectivity index (χ0v) is 12.2. The minimum absolute atomic E-state index is 0.444. The molecule has 3 N–H and O–H groups in total. The lowest BCUT2D eigenvalue weighted by Gasteiger charge is -2.39. The van der Waals surface area contributed by atoms with E-state index in [1.54, 1.807) is 0 Å². The maximum atomic E-state index is 10.5. The molecule has 1 heterocycles. The van der Waals surface area contributed by atoms with Crippen molar-refractivity contribution < 1.29 is 5.11 Å². The molecule has 0 spiro atoms. The maximum Gasteiger partial charge on any atom is 0.0797 e. The van der Waals surface area contributed by atoms with Gasteiger partial charge in [0.25, 0.3) is 0 Å². The van der Waals surface area contributed by atoms with E-state index in [0.29, 0.717) is 12.5 Å². The summed E-state index contributed by atoms with van der Waals surface area (Å²) in [4.78, 5) is 2.73. The number of piperidine rings is 1. The first kappa shape index (κ1) is 13.8. The summed E-state index contributed by atoms with van der Waals surface area (Å²) in [5, 5.41) is 10.5. The van der Waals surface area contributed by atoms with E-state index < -0.39 is 5.60 Å². The molecule has 110 valence electrons. The van der Waals surface area contributed by atoms with Gasteiger partial charge in [0.2, 0.25) is 0 Å². The molecule has 19 heavy (non-hydrogen) atoms. The highest BCUT2D eigenvalue weighted by molar-refractivity contribution is 4.95. The molecule has 3 aliphatic rings. The highest BCUT2D eigenvalue weighted by Gasteiger charge is 2.41. The Labute approximate surface area is 117 Å². The van der Waals surface area contributed by atoms with Gasteiger partial charge < -0.3 is 15.7 Å². The van der Waals surface area contributed by atoms with Crippen LogP contribution in [0.5, 0.6) is 0 Å². The van der Waals surface area contributed by atoms with Crippen molar-refractivity contribution in [1.82, 2.24) is 4.90 Å². The van der Waals surface area contributed by atoms with Crippen LogP contribution < -0.4 is 5.73 Å². The van der Waals surface area contributed by atoms with Crippen LogP contribution in [-0.4, -0.2) is 41.3 Å². The van der Waals surface area contributed by atoms with Crippen LogP contribution in [0.4, 0.5) is 0 Å². The van der Waals surface area contributed by atoms with Gasteiger partial charge >= 0.3 is 0 Å². The largest absolute Gasteiger partial charge is 0.388 e. The van der Waals surface area contributed by atoms with Gasteiger partial charge in [0.05, 0.1) is 5.60 Å². The summed E-state index contributed by atoms with van der Waals surface area (Å²) in [6.45, 7) is 2.92. The topological polar surface area (TPSA) is 49.5 Å². The van der Waals surface area contributed by atoms with Gasteiger partial charge in [-0.25, -0.2) is 0 Å². The van der Waals surface area contributed by atoms with E-state index >= 15 is 0 Å². The number of nitrogens with two attached hydrogens (primary N) is 1. The van der Waals surface area contributed by atoms with E-state index in [-0.39, 0.29) is 0 Å². The minimum atomic E-state index is -0.551. The SMILES string of the molecule is NCC1(O)CCCC1CCN1CCCC2CCCC21. The predicted molar refractivity (Wildman–Crippen MR) is 77.9 cm³/mol. The number of nitrogens with zero attached hydrogens (tertiary/aromatic N) is 1. The third-order valence-electron chi connectivity index (χ3n) is 6.15. The van der Waals surface area contributed by atoms with Gasteiger partial charge in [0.15, 0.2) is 0 Å².